The van der Waals surface area contributed by atoms with Crippen molar-refractivity contribution in [3.05, 3.63) is 57.5 Å². The first-order valence-electron chi connectivity index (χ1n) is 10.6. The molecule has 3 atom stereocenters. The zero-order valence-electron chi connectivity index (χ0n) is 17.6. The van der Waals surface area contributed by atoms with Crippen LogP contribution in [0.15, 0.2) is 35.7 Å². The van der Waals surface area contributed by atoms with E-state index in [1.165, 1.54) is 0 Å². The fourth-order valence-corrected chi connectivity index (χ4v) is 5.75. The fourth-order valence-electron chi connectivity index (χ4n) is 5.14. The summed E-state index contributed by atoms with van der Waals surface area (Å²) in [6.07, 6.45) is 2.48. The summed E-state index contributed by atoms with van der Waals surface area (Å²) in [5, 5.41) is 22.3. The number of hydrogen-bond donors (Lipinski definition) is 1. The number of fused-ring (bicyclic) bond motifs is 2. The predicted molar refractivity (Wildman–Crippen MR) is 120 cm³/mol. The highest BCUT2D eigenvalue weighted by atomic mass is 32.1. The molecule has 1 aromatic carbocycles. The zero-order chi connectivity index (χ0) is 21.7. The number of rotatable bonds is 5. The van der Waals surface area contributed by atoms with Gasteiger partial charge >= 0.3 is 0 Å². The Balaban J connectivity index is 1.54. The summed E-state index contributed by atoms with van der Waals surface area (Å²) in [5.41, 5.74) is 4.75. The van der Waals surface area contributed by atoms with Crippen molar-refractivity contribution in [2.45, 2.75) is 51.3 Å². The number of aromatic nitrogens is 2. The molecule has 7 heteroatoms. The van der Waals surface area contributed by atoms with Crippen LogP contribution in [-0.4, -0.2) is 50.1 Å². The highest BCUT2D eigenvalue weighted by Crippen LogP contribution is 2.38. The van der Waals surface area contributed by atoms with Crippen molar-refractivity contribution in [3.63, 3.8) is 0 Å². The average molecular weight is 433 g/mol. The number of Topliss-reactive ketones (excluding diaryl/α,β-unsaturated/α-hetero) is 1. The topological polar surface area (TPSA) is 82.2 Å². The van der Waals surface area contributed by atoms with Crippen molar-refractivity contribution in [1.29, 1.82) is 5.26 Å². The lowest BCUT2D eigenvalue weighted by Crippen LogP contribution is -2.36. The molecule has 2 bridgehead atoms. The summed E-state index contributed by atoms with van der Waals surface area (Å²) in [4.78, 5) is 20.2. The molecule has 0 unspecified atom stereocenters. The molecular formula is C24H24N4O2S. The molecule has 0 amide bonds. The Bertz CT molecular complexity index is 1190. The molecule has 0 aliphatic carbocycles. The molecule has 2 aliphatic heterocycles. The number of benzene rings is 1. The van der Waals surface area contributed by atoms with Crippen LogP contribution in [0.25, 0.3) is 17.1 Å². The quantitative estimate of drug-likeness (QED) is 0.619. The van der Waals surface area contributed by atoms with E-state index in [1.807, 2.05) is 37.4 Å². The molecule has 0 spiro atoms. The van der Waals surface area contributed by atoms with Gasteiger partial charge in [-0.15, -0.1) is 11.3 Å². The second-order valence-corrected chi connectivity index (χ2v) is 9.53. The van der Waals surface area contributed by atoms with E-state index in [4.69, 9.17) is 5.26 Å². The zero-order valence-corrected chi connectivity index (χ0v) is 18.4. The van der Waals surface area contributed by atoms with Gasteiger partial charge in [0.15, 0.2) is 5.78 Å². The first kappa shape index (κ1) is 20.1. The summed E-state index contributed by atoms with van der Waals surface area (Å²) in [6, 6.07) is 11.9. The summed E-state index contributed by atoms with van der Waals surface area (Å²) in [6.45, 7) is 4.26. The molecule has 5 rings (SSSR count). The number of aryl methyl sites for hydroxylation is 1. The number of carbonyl (C=O) groups is 1. The van der Waals surface area contributed by atoms with E-state index >= 15 is 0 Å². The Morgan fingerprint density at radius 1 is 1.29 bits per heavy atom. The molecule has 158 valence electrons. The molecule has 2 fully saturated rings. The van der Waals surface area contributed by atoms with E-state index in [-0.39, 0.29) is 17.9 Å². The Labute approximate surface area is 185 Å². The molecule has 2 aliphatic rings. The number of hydrogen-bond acceptors (Lipinski definition) is 6. The summed E-state index contributed by atoms with van der Waals surface area (Å²) in [5.74, 6) is 0.0732. The van der Waals surface area contributed by atoms with Gasteiger partial charge in [0, 0.05) is 34.4 Å². The summed E-state index contributed by atoms with van der Waals surface area (Å²) >= 11 is 1.58. The fraction of sp³-hybridized carbons (Fsp3) is 0.375. The van der Waals surface area contributed by atoms with Gasteiger partial charge in [0.05, 0.1) is 40.7 Å². The van der Waals surface area contributed by atoms with E-state index in [0.717, 1.165) is 47.0 Å². The third kappa shape index (κ3) is 3.41. The minimum absolute atomic E-state index is 0.0732. The van der Waals surface area contributed by atoms with Gasteiger partial charge in [-0.3, -0.25) is 9.69 Å². The van der Waals surface area contributed by atoms with E-state index in [2.05, 4.69) is 20.5 Å². The Kier molecular flexibility index (Phi) is 5.01. The van der Waals surface area contributed by atoms with Gasteiger partial charge < -0.3 is 9.67 Å². The number of aliphatic hydroxyl groups excluding tert-OH is 1. The third-order valence-corrected chi connectivity index (χ3v) is 7.43. The molecule has 3 aromatic rings. The number of carbonyl (C=O) groups excluding carboxylic acids is 1. The second kappa shape index (κ2) is 7.72. The minimum atomic E-state index is -0.315. The van der Waals surface area contributed by atoms with Crippen molar-refractivity contribution < 1.29 is 9.90 Å². The van der Waals surface area contributed by atoms with Crippen molar-refractivity contribution >= 4 is 17.1 Å². The van der Waals surface area contributed by atoms with Gasteiger partial charge in [0.2, 0.25) is 0 Å². The Morgan fingerprint density at radius 2 is 2.06 bits per heavy atom. The summed E-state index contributed by atoms with van der Waals surface area (Å²) in [7, 11) is 0. The normalized spacial score (nSPS) is 22.7. The standard InChI is InChI=1S/C24H24N4O2S/c1-14-19(24(30)12-27-18-7-8-21(27)23(29)9-18)10-22(20-13-31-15(2)26-20)28(14)17-5-3-16(11-25)4-6-17/h3-6,10,13,18,21,23,29H,7-9,12H2,1-2H3/t18-,21+,23+/m0/s1. The van der Waals surface area contributed by atoms with Gasteiger partial charge in [-0.2, -0.15) is 5.26 Å². The minimum Gasteiger partial charge on any atom is -0.391 e. The van der Waals surface area contributed by atoms with Crippen LogP contribution in [0, 0.1) is 25.2 Å². The van der Waals surface area contributed by atoms with Gasteiger partial charge in [-0.25, -0.2) is 4.98 Å². The number of aliphatic hydroxyl groups is 1. The lowest BCUT2D eigenvalue weighted by atomic mass is 9.98. The van der Waals surface area contributed by atoms with Crippen molar-refractivity contribution in [2.75, 3.05) is 6.54 Å². The van der Waals surface area contributed by atoms with E-state index in [1.54, 1.807) is 23.5 Å². The largest absolute Gasteiger partial charge is 0.391 e. The van der Waals surface area contributed by atoms with Gasteiger partial charge in [0.25, 0.3) is 0 Å². The maximum absolute atomic E-state index is 13.4. The molecule has 4 heterocycles. The van der Waals surface area contributed by atoms with E-state index < -0.39 is 0 Å². The van der Waals surface area contributed by atoms with E-state index in [9.17, 15) is 9.90 Å². The van der Waals surface area contributed by atoms with Crippen LogP contribution in [0.5, 0.6) is 0 Å². The van der Waals surface area contributed by atoms with E-state index in [0.29, 0.717) is 23.7 Å². The first-order valence-corrected chi connectivity index (χ1v) is 11.5. The Hall–Kier alpha value is -2.79. The number of nitrogens with zero attached hydrogens (tertiary/aromatic N) is 4. The monoisotopic (exact) mass is 432 g/mol. The van der Waals surface area contributed by atoms with Gasteiger partial charge in [-0.1, -0.05) is 0 Å². The maximum Gasteiger partial charge on any atom is 0.178 e. The van der Waals surface area contributed by atoms with Crippen LogP contribution in [-0.2, 0) is 0 Å². The van der Waals surface area contributed by atoms with Crippen molar-refractivity contribution in [2.24, 2.45) is 0 Å². The number of ketones is 1. The van der Waals surface area contributed by atoms with Crippen LogP contribution < -0.4 is 0 Å². The maximum atomic E-state index is 13.4. The smallest absolute Gasteiger partial charge is 0.178 e. The first-order chi connectivity index (χ1) is 15.0. The molecule has 31 heavy (non-hydrogen) atoms. The highest BCUT2D eigenvalue weighted by molar-refractivity contribution is 7.09. The number of thiazole rings is 1. The van der Waals surface area contributed by atoms with Crippen LogP contribution in [0.4, 0.5) is 0 Å². The molecule has 2 aromatic heterocycles. The van der Waals surface area contributed by atoms with Crippen molar-refractivity contribution in [1.82, 2.24) is 14.5 Å². The van der Waals surface area contributed by atoms with Gasteiger partial charge in [0.1, 0.15) is 0 Å². The van der Waals surface area contributed by atoms with Crippen molar-refractivity contribution in [3.8, 4) is 23.1 Å². The molecule has 0 saturated carbocycles. The molecule has 1 N–H and O–H groups in total. The van der Waals surface area contributed by atoms with Crippen LogP contribution in [0.3, 0.4) is 0 Å². The summed E-state index contributed by atoms with van der Waals surface area (Å²) < 4.78 is 2.05. The molecule has 6 nitrogen and oxygen atoms in total. The second-order valence-electron chi connectivity index (χ2n) is 8.47. The number of nitriles is 1. The molecular weight excluding hydrogens is 408 g/mol. The van der Waals surface area contributed by atoms with Crippen LogP contribution in [0.2, 0.25) is 0 Å². The van der Waals surface area contributed by atoms with Crippen LogP contribution >= 0.6 is 11.3 Å². The van der Waals surface area contributed by atoms with Gasteiger partial charge in [-0.05, 0) is 63.4 Å². The predicted octanol–water partition coefficient (Wildman–Crippen LogP) is 3.87. The molecule has 2 saturated heterocycles. The third-order valence-electron chi connectivity index (χ3n) is 6.66. The lowest BCUT2D eigenvalue weighted by molar-refractivity contribution is 0.0873. The molecule has 0 radical (unpaired) electrons. The SMILES string of the molecule is Cc1nc(-c2cc(C(=O)CN3[C@H]4CC[C@@H]3[C@H](O)C4)c(C)n2-c2ccc(C#N)cc2)cs1. The average Bonchev–Trinajstić information content (AvgIpc) is 3.51. The van der Waals surface area contributed by atoms with Crippen LogP contribution in [0.1, 0.15) is 45.9 Å². The highest BCUT2D eigenvalue weighted by Gasteiger charge is 2.46. The lowest BCUT2D eigenvalue weighted by Gasteiger charge is -2.21. The Morgan fingerprint density at radius 3 is 2.65 bits per heavy atom.